The summed E-state index contributed by atoms with van der Waals surface area (Å²) >= 11 is 0. The van der Waals surface area contributed by atoms with Crippen LogP contribution in [-0.4, -0.2) is 32.6 Å². The standard InChI is InChI=1S/C27H28FNO5/c1-5-34-27(31)24-15(2)29-20-12-17(16-10-11-22(32-3)23(14-16)33-4)13-21(30)26(20)25(24)18-8-6-7-9-19(18)28/h6-11,14,17,25,29H,5,12-13H2,1-4H3/t17-,25-/m1/s1. The zero-order valence-electron chi connectivity index (χ0n) is 19.7. The minimum atomic E-state index is -0.824. The smallest absolute Gasteiger partial charge is 0.336 e. The third-order valence-electron chi connectivity index (χ3n) is 6.42. The number of methoxy groups -OCH3 is 2. The number of ketones is 1. The van der Waals surface area contributed by atoms with E-state index in [4.69, 9.17) is 14.2 Å². The molecule has 0 unspecified atom stereocenters. The minimum Gasteiger partial charge on any atom is -0.493 e. The molecule has 0 aromatic heterocycles. The molecule has 1 N–H and O–H groups in total. The summed E-state index contributed by atoms with van der Waals surface area (Å²) in [5.41, 5.74) is 3.19. The van der Waals surface area contributed by atoms with Crippen molar-refractivity contribution in [2.24, 2.45) is 0 Å². The molecular weight excluding hydrogens is 437 g/mol. The van der Waals surface area contributed by atoms with Crippen molar-refractivity contribution in [3.8, 4) is 11.5 Å². The van der Waals surface area contributed by atoms with Crippen molar-refractivity contribution in [1.82, 2.24) is 5.32 Å². The largest absolute Gasteiger partial charge is 0.493 e. The van der Waals surface area contributed by atoms with E-state index in [-0.39, 0.29) is 35.9 Å². The van der Waals surface area contributed by atoms with Crippen LogP contribution in [0.3, 0.4) is 0 Å². The maximum absolute atomic E-state index is 15.0. The minimum absolute atomic E-state index is 0.100. The number of esters is 1. The first-order valence-electron chi connectivity index (χ1n) is 11.3. The Morgan fingerprint density at radius 2 is 1.82 bits per heavy atom. The number of Topliss-reactive ketones (excluding diaryl/α,β-unsaturated/α-hetero) is 1. The predicted molar refractivity (Wildman–Crippen MR) is 125 cm³/mol. The Bertz CT molecular complexity index is 1200. The van der Waals surface area contributed by atoms with E-state index in [1.54, 1.807) is 46.3 Å². The van der Waals surface area contributed by atoms with Crippen LogP contribution in [0, 0.1) is 5.82 Å². The van der Waals surface area contributed by atoms with Gasteiger partial charge in [0.2, 0.25) is 0 Å². The van der Waals surface area contributed by atoms with E-state index >= 15 is 0 Å². The molecule has 178 valence electrons. The van der Waals surface area contributed by atoms with Crippen molar-refractivity contribution in [2.45, 2.75) is 38.5 Å². The van der Waals surface area contributed by atoms with Gasteiger partial charge >= 0.3 is 5.97 Å². The molecule has 2 atom stereocenters. The maximum Gasteiger partial charge on any atom is 0.336 e. The third kappa shape index (κ3) is 4.18. The molecule has 0 saturated carbocycles. The van der Waals surface area contributed by atoms with Crippen LogP contribution in [0.1, 0.15) is 49.7 Å². The number of benzene rings is 2. The van der Waals surface area contributed by atoms with E-state index in [1.165, 1.54) is 6.07 Å². The molecule has 2 aliphatic rings. The van der Waals surface area contributed by atoms with Crippen molar-refractivity contribution in [3.05, 3.63) is 81.9 Å². The van der Waals surface area contributed by atoms with E-state index in [0.29, 0.717) is 34.9 Å². The van der Waals surface area contributed by atoms with Gasteiger partial charge in [-0.3, -0.25) is 4.79 Å². The third-order valence-corrected chi connectivity index (χ3v) is 6.42. The number of halogens is 1. The summed E-state index contributed by atoms with van der Waals surface area (Å²) in [6.07, 6.45) is 0.769. The molecule has 1 heterocycles. The topological polar surface area (TPSA) is 73.9 Å². The summed E-state index contributed by atoms with van der Waals surface area (Å²) in [6, 6.07) is 11.9. The van der Waals surface area contributed by atoms with Gasteiger partial charge in [0.05, 0.1) is 32.3 Å². The van der Waals surface area contributed by atoms with Gasteiger partial charge in [-0.05, 0) is 49.9 Å². The van der Waals surface area contributed by atoms with Gasteiger partial charge in [-0.15, -0.1) is 0 Å². The van der Waals surface area contributed by atoms with Crippen molar-refractivity contribution < 1.29 is 28.2 Å². The number of hydrogen-bond acceptors (Lipinski definition) is 6. The molecule has 34 heavy (non-hydrogen) atoms. The summed E-state index contributed by atoms with van der Waals surface area (Å²) in [6.45, 7) is 3.65. The number of allylic oxidation sites excluding steroid dienone is 3. The molecule has 0 fully saturated rings. The molecule has 4 rings (SSSR count). The second kappa shape index (κ2) is 9.71. The van der Waals surface area contributed by atoms with E-state index in [0.717, 1.165) is 5.56 Å². The second-order valence-electron chi connectivity index (χ2n) is 8.37. The average molecular weight is 466 g/mol. The molecular formula is C27H28FNO5. The fourth-order valence-corrected chi connectivity index (χ4v) is 4.88. The molecule has 0 amide bonds. The van der Waals surface area contributed by atoms with Crippen LogP contribution in [-0.2, 0) is 14.3 Å². The van der Waals surface area contributed by atoms with Crippen LogP contribution in [0.5, 0.6) is 11.5 Å². The Kier molecular flexibility index (Phi) is 6.72. The number of ether oxygens (including phenoxy) is 3. The summed E-state index contributed by atoms with van der Waals surface area (Å²) in [7, 11) is 3.14. The summed E-state index contributed by atoms with van der Waals surface area (Å²) < 4.78 is 31.0. The van der Waals surface area contributed by atoms with E-state index in [1.807, 2.05) is 18.2 Å². The first kappa shape index (κ1) is 23.5. The summed E-state index contributed by atoms with van der Waals surface area (Å²) in [5.74, 6) is -0.869. The lowest BCUT2D eigenvalue weighted by atomic mass is 9.71. The van der Waals surface area contributed by atoms with Crippen molar-refractivity contribution in [2.75, 3.05) is 20.8 Å². The van der Waals surface area contributed by atoms with Gasteiger partial charge < -0.3 is 19.5 Å². The van der Waals surface area contributed by atoms with Crippen LogP contribution in [0.25, 0.3) is 0 Å². The lowest BCUT2D eigenvalue weighted by Gasteiger charge is -2.36. The second-order valence-corrected chi connectivity index (χ2v) is 8.37. The number of rotatable bonds is 6. The van der Waals surface area contributed by atoms with Gasteiger partial charge in [-0.2, -0.15) is 0 Å². The van der Waals surface area contributed by atoms with Crippen LogP contribution < -0.4 is 14.8 Å². The highest BCUT2D eigenvalue weighted by Crippen LogP contribution is 2.46. The van der Waals surface area contributed by atoms with Gasteiger partial charge in [0, 0.05) is 29.0 Å². The first-order chi connectivity index (χ1) is 16.4. The van der Waals surface area contributed by atoms with Crippen molar-refractivity contribution in [1.29, 1.82) is 0 Å². The highest BCUT2D eigenvalue weighted by atomic mass is 19.1. The van der Waals surface area contributed by atoms with Gasteiger partial charge in [0.15, 0.2) is 17.3 Å². The van der Waals surface area contributed by atoms with Crippen LogP contribution in [0.2, 0.25) is 0 Å². The summed E-state index contributed by atoms with van der Waals surface area (Å²) in [4.78, 5) is 26.5. The SMILES string of the molecule is CCOC(=O)C1=C(C)NC2=C(C(=O)C[C@H](c3ccc(OC)c(OC)c3)C2)[C@@H]1c1ccccc1F. The highest BCUT2D eigenvalue weighted by molar-refractivity contribution is 6.04. The highest BCUT2D eigenvalue weighted by Gasteiger charge is 2.42. The Balaban J connectivity index is 1.79. The Morgan fingerprint density at radius 1 is 1.09 bits per heavy atom. The maximum atomic E-state index is 15.0. The fraction of sp³-hybridized carbons (Fsp3) is 0.333. The van der Waals surface area contributed by atoms with E-state index < -0.39 is 17.7 Å². The fourth-order valence-electron chi connectivity index (χ4n) is 4.88. The normalized spacial score (nSPS) is 20.0. The number of dihydropyridines is 1. The number of carbonyl (C=O) groups excluding carboxylic acids is 2. The Labute approximate surface area is 198 Å². The molecule has 0 spiro atoms. The number of hydrogen-bond donors (Lipinski definition) is 1. The van der Waals surface area contributed by atoms with Gasteiger partial charge in [0.25, 0.3) is 0 Å². The summed E-state index contributed by atoms with van der Waals surface area (Å²) in [5, 5.41) is 3.27. The van der Waals surface area contributed by atoms with E-state index in [2.05, 4.69) is 5.32 Å². The molecule has 0 radical (unpaired) electrons. The Morgan fingerprint density at radius 3 is 2.50 bits per heavy atom. The van der Waals surface area contributed by atoms with Crippen molar-refractivity contribution >= 4 is 11.8 Å². The van der Waals surface area contributed by atoms with Crippen LogP contribution in [0.15, 0.2) is 65.0 Å². The molecule has 7 heteroatoms. The first-order valence-corrected chi connectivity index (χ1v) is 11.3. The zero-order chi connectivity index (χ0) is 24.4. The monoisotopic (exact) mass is 465 g/mol. The average Bonchev–Trinajstić information content (AvgIpc) is 2.83. The van der Waals surface area contributed by atoms with Crippen molar-refractivity contribution in [3.63, 3.8) is 0 Å². The molecule has 0 bridgehead atoms. The van der Waals surface area contributed by atoms with Crippen LogP contribution >= 0.6 is 0 Å². The quantitative estimate of drug-likeness (QED) is 0.620. The van der Waals surface area contributed by atoms with Gasteiger partial charge in [-0.25, -0.2) is 9.18 Å². The lowest BCUT2D eigenvalue weighted by molar-refractivity contribution is -0.138. The number of nitrogens with one attached hydrogen (secondary N) is 1. The molecule has 0 saturated heterocycles. The molecule has 2 aromatic carbocycles. The molecule has 1 aliphatic carbocycles. The molecule has 6 nitrogen and oxygen atoms in total. The van der Waals surface area contributed by atoms with E-state index in [9.17, 15) is 14.0 Å². The molecule has 2 aromatic rings. The molecule has 1 aliphatic heterocycles. The zero-order valence-corrected chi connectivity index (χ0v) is 19.7. The lowest BCUT2D eigenvalue weighted by Crippen LogP contribution is -2.36. The Hall–Kier alpha value is -3.61. The van der Waals surface area contributed by atoms with Gasteiger partial charge in [0.1, 0.15) is 5.82 Å². The number of carbonyl (C=O) groups is 2. The van der Waals surface area contributed by atoms with Gasteiger partial charge in [-0.1, -0.05) is 24.3 Å². The van der Waals surface area contributed by atoms with Crippen LogP contribution in [0.4, 0.5) is 4.39 Å². The predicted octanol–water partition coefficient (Wildman–Crippen LogP) is 4.77.